The van der Waals surface area contributed by atoms with Crippen molar-refractivity contribution >= 4 is 5.57 Å². The minimum Gasteiger partial charge on any atom is -0.496 e. The van der Waals surface area contributed by atoms with E-state index in [9.17, 15) is 0 Å². The molecule has 1 nitrogen and oxygen atoms in total. The van der Waals surface area contributed by atoms with Crippen molar-refractivity contribution < 1.29 is 4.74 Å². The monoisotopic (exact) mass is 232 g/mol. The van der Waals surface area contributed by atoms with Crippen LogP contribution in [-0.2, 0) is 0 Å². The number of rotatable bonds is 7. The van der Waals surface area contributed by atoms with Crippen molar-refractivity contribution in [1.29, 1.82) is 0 Å². The molecule has 94 valence electrons. The van der Waals surface area contributed by atoms with E-state index < -0.39 is 0 Å². The summed E-state index contributed by atoms with van der Waals surface area (Å²) in [5.74, 6) is 0.992. The molecular formula is C16H24O. The van der Waals surface area contributed by atoms with Crippen LogP contribution in [0.15, 0.2) is 30.3 Å². The van der Waals surface area contributed by atoms with Gasteiger partial charge in [-0.3, -0.25) is 0 Å². The van der Waals surface area contributed by atoms with E-state index in [1.54, 1.807) is 7.11 Å². The highest BCUT2D eigenvalue weighted by Crippen LogP contribution is 2.29. The van der Waals surface area contributed by atoms with Crippen molar-refractivity contribution in [2.45, 2.75) is 46.0 Å². The number of unbranched alkanes of at least 4 members (excludes halogenated alkanes) is 2. The minimum absolute atomic E-state index is 0.992. The lowest BCUT2D eigenvalue weighted by Gasteiger charge is -2.12. The zero-order valence-corrected chi connectivity index (χ0v) is 11.3. The van der Waals surface area contributed by atoms with Crippen molar-refractivity contribution in [2.75, 3.05) is 7.11 Å². The summed E-state index contributed by atoms with van der Waals surface area (Å²) in [7, 11) is 1.75. The first kappa shape index (κ1) is 13.8. The molecule has 17 heavy (non-hydrogen) atoms. The molecule has 0 amide bonds. The van der Waals surface area contributed by atoms with Crippen molar-refractivity contribution in [1.82, 2.24) is 0 Å². The standard InChI is InChI=1S/C16H24O/c1-4-6-10-14(11-7-5-2)15-12-8-9-13-16(15)17-3/h8-10,12-13H,4-7,11H2,1-3H3/b14-10+. The van der Waals surface area contributed by atoms with Gasteiger partial charge < -0.3 is 4.74 Å². The lowest BCUT2D eigenvalue weighted by Crippen LogP contribution is -1.92. The van der Waals surface area contributed by atoms with Gasteiger partial charge in [-0.2, -0.15) is 0 Å². The van der Waals surface area contributed by atoms with Crippen LogP contribution in [-0.4, -0.2) is 7.11 Å². The maximum Gasteiger partial charge on any atom is 0.126 e. The molecule has 0 unspecified atom stereocenters. The Morgan fingerprint density at radius 2 is 1.94 bits per heavy atom. The normalized spacial score (nSPS) is 11.6. The lowest BCUT2D eigenvalue weighted by atomic mass is 9.98. The Morgan fingerprint density at radius 3 is 2.59 bits per heavy atom. The molecule has 0 bridgehead atoms. The van der Waals surface area contributed by atoms with Crippen molar-refractivity contribution in [3.63, 3.8) is 0 Å². The topological polar surface area (TPSA) is 9.23 Å². The summed E-state index contributed by atoms with van der Waals surface area (Å²) in [5, 5.41) is 0. The fourth-order valence-electron chi connectivity index (χ4n) is 1.94. The van der Waals surface area contributed by atoms with E-state index in [0.29, 0.717) is 0 Å². The summed E-state index contributed by atoms with van der Waals surface area (Å²) < 4.78 is 5.45. The Balaban J connectivity index is 2.94. The van der Waals surface area contributed by atoms with Gasteiger partial charge >= 0.3 is 0 Å². The lowest BCUT2D eigenvalue weighted by molar-refractivity contribution is 0.413. The highest BCUT2D eigenvalue weighted by Gasteiger charge is 2.06. The SMILES string of the molecule is CCC/C=C(\CCCC)c1ccccc1OC. The third kappa shape index (κ3) is 4.26. The molecule has 0 saturated carbocycles. The molecular weight excluding hydrogens is 208 g/mol. The summed E-state index contributed by atoms with van der Waals surface area (Å²) in [5.41, 5.74) is 2.70. The van der Waals surface area contributed by atoms with Gasteiger partial charge in [0.2, 0.25) is 0 Å². The first-order valence-corrected chi connectivity index (χ1v) is 6.65. The van der Waals surface area contributed by atoms with Crippen molar-refractivity contribution in [3.05, 3.63) is 35.9 Å². The molecule has 0 aromatic heterocycles. The highest BCUT2D eigenvalue weighted by molar-refractivity contribution is 5.70. The molecule has 0 aliphatic rings. The van der Waals surface area contributed by atoms with Crippen molar-refractivity contribution in [3.8, 4) is 5.75 Å². The van der Waals surface area contributed by atoms with Crippen LogP contribution in [0.4, 0.5) is 0 Å². The fraction of sp³-hybridized carbons (Fsp3) is 0.500. The number of ether oxygens (including phenoxy) is 1. The molecule has 0 aliphatic heterocycles. The Morgan fingerprint density at radius 1 is 1.18 bits per heavy atom. The maximum atomic E-state index is 5.45. The van der Waals surface area contributed by atoms with E-state index in [0.717, 1.165) is 18.6 Å². The molecule has 0 spiro atoms. The molecule has 0 heterocycles. The summed E-state index contributed by atoms with van der Waals surface area (Å²) in [6, 6.07) is 8.32. The number of methoxy groups -OCH3 is 1. The molecule has 1 aromatic rings. The largest absolute Gasteiger partial charge is 0.496 e. The van der Waals surface area contributed by atoms with Gasteiger partial charge in [0.25, 0.3) is 0 Å². The highest BCUT2D eigenvalue weighted by atomic mass is 16.5. The van der Waals surface area contributed by atoms with Crippen LogP contribution in [0.2, 0.25) is 0 Å². The second kappa shape index (κ2) is 7.94. The Kier molecular flexibility index (Phi) is 6.46. The van der Waals surface area contributed by atoms with Crippen LogP contribution in [0.25, 0.3) is 5.57 Å². The van der Waals surface area contributed by atoms with Crippen LogP contribution < -0.4 is 4.74 Å². The molecule has 1 aromatic carbocycles. The Labute approximate surface area is 106 Å². The van der Waals surface area contributed by atoms with Gasteiger partial charge in [-0.25, -0.2) is 0 Å². The van der Waals surface area contributed by atoms with Crippen LogP contribution in [0, 0.1) is 0 Å². The van der Waals surface area contributed by atoms with E-state index >= 15 is 0 Å². The van der Waals surface area contributed by atoms with Gasteiger partial charge in [0.15, 0.2) is 0 Å². The van der Waals surface area contributed by atoms with Crippen LogP contribution in [0.1, 0.15) is 51.5 Å². The second-order valence-electron chi connectivity index (χ2n) is 4.32. The molecule has 0 saturated heterocycles. The smallest absolute Gasteiger partial charge is 0.126 e. The van der Waals surface area contributed by atoms with Gasteiger partial charge in [-0.1, -0.05) is 51.0 Å². The van der Waals surface area contributed by atoms with Crippen LogP contribution in [0.5, 0.6) is 5.75 Å². The number of benzene rings is 1. The molecule has 0 radical (unpaired) electrons. The predicted octanol–water partition coefficient (Wildman–Crippen LogP) is 5.07. The van der Waals surface area contributed by atoms with E-state index in [4.69, 9.17) is 4.74 Å². The zero-order valence-electron chi connectivity index (χ0n) is 11.3. The van der Waals surface area contributed by atoms with E-state index in [2.05, 4.69) is 32.1 Å². The third-order valence-corrected chi connectivity index (χ3v) is 2.93. The van der Waals surface area contributed by atoms with Gasteiger partial charge in [-0.05, 0) is 30.9 Å². The molecule has 0 atom stereocenters. The zero-order chi connectivity index (χ0) is 12.5. The minimum atomic E-state index is 0.992. The number of hydrogen-bond acceptors (Lipinski definition) is 1. The Hall–Kier alpha value is -1.24. The van der Waals surface area contributed by atoms with Crippen LogP contribution >= 0.6 is 0 Å². The van der Waals surface area contributed by atoms with Crippen LogP contribution in [0.3, 0.4) is 0 Å². The summed E-state index contributed by atoms with van der Waals surface area (Å²) in [6.07, 6.45) is 8.35. The molecule has 0 N–H and O–H groups in total. The summed E-state index contributed by atoms with van der Waals surface area (Å²) in [4.78, 5) is 0. The first-order chi connectivity index (χ1) is 8.33. The molecule has 0 fully saturated rings. The maximum absolute atomic E-state index is 5.45. The second-order valence-corrected chi connectivity index (χ2v) is 4.32. The summed E-state index contributed by atoms with van der Waals surface area (Å²) in [6.45, 7) is 4.45. The van der Waals surface area contributed by atoms with Crippen molar-refractivity contribution in [2.24, 2.45) is 0 Å². The van der Waals surface area contributed by atoms with Gasteiger partial charge in [-0.15, -0.1) is 0 Å². The first-order valence-electron chi connectivity index (χ1n) is 6.65. The van der Waals surface area contributed by atoms with E-state index in [1.165, 1.54) is 30.4 Å². The average Bonchev–Trinajstić information content (AvgIpc) is 2.39. The predicted molar refractivity (Wildman–Crippen MR) is 75.4 cm³/mol. The van der Waals surface area contributed by atoms with E-state index in [1.807, 2.05) is 12.1 Å². The quantitative estimate of drug-likeness (QED) is 0.637. The summed E-state index contributed by atoms with van der Waals surface area (Å²) >= 11 is 0. The number of para-hydroxylation sites is 1. The van der Waals surface area contributed by atoms with Gasteiger partial charge in [0.05, 0.1) is 7.11 Å². The van der Waals surface area contributed by atoms with Gasteiger partial charge in [0.1, 0.15) is 5.75 Å². The molecule has 1 rings (SSSR count). The number of hydrogen-bond donors (Lipinski definition) is 0. The van der Waals surface area contributed by atoms with E-state index in [-0.39, 0.29) is 0 Å². The average molecular weight is 232 g/mol. The molecule has 0 aliphatic carbocycles. The van der Waals surface area contributed by atoms with Gasteiger partial charge in [0, 0.05) is 5.56 Å². The third-order valence-electron chi connectivity index (χ3n) is 2.93. The fourth-order valence-corrected chi connectivity index (χ4v) is 1.94. The molecule has 1 heteroatoms. The Bertz CT molecular complexity index is 352. The number of allylic oxidation sites excluding steroid dienone is 2.